The lowest BCUT2D eigenvalue weighted by atomic mass is 9.88. The fourth-order valence-electron chi connectivity index (χ4n) is 2.33. The highest BCUT2D eigenvalue weighted by atomic mass is 16.2. The van der Waals surface area contributed by atoms with Crippen LogP contribution in [0.25, 0.3) is 0 Å². The maximum absolute atomic E-state index is 12.3. The molecule has 1 aliphatic heterocycles. The fraction of sp³-hybridized carbons (Fsp3) is 0.923. The van der Waals surface area contributed by atoms with Gasteiger partial charge in [-0.15, -0.1) is 0 Å². The average Bonchev–Trinajstić information content (AvgIpc) is 2.15. The molecule has 1 rings (SSSR count). The van der Waals surface area contributed by atoms with E-state index in [0.29, 0.717) is 17.9 Å². The van der Waals surface area contributed by atoms with Crippen LogP contribution in [0, 0.1) is 11.3 Å². The van der Waals surface area contributed by atoms with E-state index in [1.807, 2.05) is 20.8 Å². The van der Waals surface area contributed by atoms with Gasteiger partial charge in [-0.05, 0) is 25.2 Å². The van der Waals surface area contributed by atoms with E-state index < -0.39 is 0 Å². The van der Waals surface area contributed by atoms with Crippen LogP contribution < -0.4 is 0 Å². The van der Waals surface area contributed by atoms with Crippen LogP contribution in [-0.4, -0.2) is 23.4 Å². The molecule has 0 aromatic rings. The van der Waals surface area contributed by atoms with Crippen LogP contribution in [-0.2, 0) is 4.79 Å². The fourth-order valence-corrected chi connectivity index (χ4v) is 2.33. The lowest BCUT2D eigenvalue weighted by Gasteiger charge is -2.41. The average molecular weight is 211 g/mol. The van der Waals surface area contributed by atoms with Gasteiger partial charge in [-0.1, -0.05) is 34.6 Å². The Balaban J connectivity index is 2.77. The van der Waals surface area contributed by atoms with Gasteiger partial charge in [0.05, 0.1) is 0 Å². The van der Waals surface area contributed by atoms with E-state index in [0.717, 1.165) is 6.54 Å². The molecule has 0 radical (unpaired) electrons. The third-order valence-electron chi connectivity index (χ3n) is 3.22. The Morgan fingerprint density at radius 3 is 2.33 bits per heavy atom. The summed E-state index contributed by atoms with van der Waals surface area (Å²) in [5, 5.41) is 0. The molecule has 0 saturated carbocycles. The first-order valence-electron chi connectivity index (χ1n) is 6.15. The Hall–Kier alpha value is -0.530. The summed E-state index contributed by atoms with van der Waals surface area (Å²) in [4.78, 5) is 14.4. The SMILES string of the molecule is CC(C)C1CCCCN1C(=O)C(C)(C)C. The third-order valence-corrected chi connectivity index (χ3v) is 3.22. The lowest BCUT2D eigenvalue weighted by Crippen LogP contribution is -2.50. The third kappa shape index (κ3) is 2.96. The Bertz CT molecular complexity index is 227. The van der Waals surface area contributed by atoms with Crippen molar-refractivity contribution in [3.8, 4) is 0 Å². The van der Waals surface area contributed by atoms with Crippen LogP contribution in [0.5, 0.6) is 0 Å². The van der Waals surface area contributed by atoms with Crippen LogP contribution in [0.2, 0.25) is 0 Å². The van der Waals surface area contributed by atoms with Crippen LogP contribution in [0.15, 0.2) is 0 Å². The number of carbonyl (C=O) groups is 1. The topological polar surface area (TPSA) is 20.3 Å². The number of hydrogen-bond acceptors (Lipinski definition) is 1. The second kappa shape index (κ2) is 4.54. The van der Waals surface area contributed by atoms with E-state index in [-0.39, 0.29) is 5.41 Å². The first kappa shape index (κ1) is 12.5. The predicted octanol–water partition coefficient (Wildman–Crippen LogP) is 3.07. The molecule has 0 spiro atoms. The summed E-state index contributed by atoms with van der Waals surface area (Å²) in [5.74, 6) is 0.900. The maximum Gasteiger partial charge on any atom is 0.228 e. The second-order valence-electron chi connectivity index (χ2n) is 6.06. The van der Waals surface area contributed by atoms with Gasteiger partial charge in [0.25, 0.3) is 0 Å². The van der Waals surface area contributed by atoms with Crippen LogP contribution in [0.3, 0.4) is 0 Å². The molecule has 2 nitrogen and oxygen atoms in total. The number of hydrogen-bond donors (Lipinski definition) is 0. The van der Waals surface area contributed by atoms with Crippen molar-refractivity contribution in [2.45, 2.75) is 59.9 Å². The minimum absolute atomic E-state index is 0.232. The standard InChI is InChI=1S/C13H25NO/c1-10(2)11-8-6-7-9-14(11)12(15)13(3,4)5/h10-11H,6-9H2,1-5H3. The number of rotatable bonds is 1. The first-order chi connectivity index (χ1) is 6.84. The molecule has 2 heteroatoms. The molecule has 88 valence electrons. The Morgan fingerprint density at radius 1 is 1.27 bits per heavy atom. The van der Waals surface area contributed by atoms with E-state index in [9.17, 15) is 4.79 Å². The highest BCUT2D eigenvalue weighted by Gasteiger charge is 2.34. The van der Waals surface area contributed by atoms with Crippen molar-refractivity contribution in [2.75, 3.05) is 6.54 Å². The smallest absolute Gasteiger partial charge is 0.228 e. The monoisotopic (exact) mass is 211 g/mol. The van der Waals surface area contributed by atoms with Crippen LogP contribution in [0.4, 0.5) is 0 Å². The molecular formula is C13H25NO. The predicted molar refractivity (Wildman–Crippen MR) is 63.6 cm³/mol. The van der Waals surface area contributed by atoms with Crippen LogP contribution >= 0.6 is 0 Å². The van der Waals surface area contributed by atoms with Gasteiger partial charge in [0.1, 0.15) is 0 Å². The quantitative estimate of drug-likeness (QED) is 0.652. The van der Waals surface area contributed by atoms with Gasteiger partial charge in [-0.2, -0.15) is 0 Å². The number of piperidine rings is 1. The molecule has 1 unspecified atom stereocenters. The summed E-state index contributed by atoms with van der Waals surface area (Å²) in [6.45, 7) is 11.4. The summed E-state index contributed by atoms with van der Waals surface area (Å²) in [6.07, 6.45) is 3.63. The van der Waals surface area contributed by atoms with Crippen molar-refractivity contribution >= 4 is 5.91 Å². The van der Waals surface area contributed by atoms with Gasteiger partial charge in [-0.3, -0.25) is 4.79 Å². The number of carbonyl (C=O) groups excluding carboxylic acids is 1. The van der Waals surface area contributed by atoms with Crippen molar-refractivity contribution < 1.29 is 4.79 Å². The molecule has 0 bridgehead atoms. The van der Waals surface area contributed by atoms with Gasteiger partial charge >= 0.3 is 0 Å². The molecular weight excluding hydrogens is 186 g/mol. The Labute approximate surface area is 94.0 Å². The second-order valence-corrected chi connectivity index (χ2v) is 6.06. The minimum Gasteiger partial charge on any atom is -0.339 e. The van der Waals surface area contributed by atoms with Crippen molar-refractivity contribution in [1.82, 2.24) is 4.90 Å². The zero-order valence-corrected chi connectivity index (χ0v) is 10.8. The van der Waals surface area contributed by atoms with E-state index >= 15 is 0 Å². The normalized spacial score (nSPS) is 23.3. The largest absolute Gasteiger partial charge is 0.339 e. The maximum atomic E-state index is 12.3. The van der Waals surface area contributed by atoms with E-state index in [1.54, 1.807) is 0 Å². The van der Waals surface area contributed by atoms with Crippen molar-refractivity contribution in [2.24, 2.45) is 11.3 Å². The van der Waals surface area contributed by atoms with Crippen molar-refractivity contribution in [1.29, 1.82) is 0 Å². The van der Waals surface area contributed by atoms with Crippen LogP contribution in [0.1, 0.15) is 53.9 Å². The summed E-state index contributed by atoms with van der Waals surface area (Å²) >= 11 is 0. The number of likely N-dealkylation sites (tertiary alicyclic amines) is 1. The van der Waals surface area contributed by atoms with E-state index in [1.165, 1.54) is 19.3 Å². The van der Waals surface area contributed by atoms with Gasteiger partial charge in [0, 0.05) is 18.0 Å². The molecule has 1 aliphatic rings. The number of amides is 1. The molecule has 15 heavy (non-hydrogen) atoms. The zero-order chi connectivity index (χ0) is 11.6. The number of nitrogens with zero attached hydrogens (tertiary/aromatic N) is 1. The van der Waals surface area contributed by atoms with Gasteiger partial charge in [-0.25, -0.2) is 0 Å². The molecule has 0 aromatic heterocycles. The van der Waals surface area contributed by atoms with Crippen molar-refractivity contribution in [3.63, 3.8) is 0 Å². The van der Waals surface area contributed by atoms with E-state index in [4.69, 9.17) is 0 Å². The summed E-state index contributed by atoms with van der Waals surface area (Å²) in [7, 11) is 0. The Morgan fingerprint density at radius 2 is 1.87 bits per heavy atom. The summed E-state index contributed by atoms with van der Waals surface area (Å²) < 4.78 is 0. The molecule has 0 N–H and O–H groups in total. The molecule has 1 fully saturated rings. The van der Waals surface area contributed by atoms with E-state index in [2.05, 4.69) is 18.7 Å². The lowest BCUT2D eigenvalue weighted by molar-refractivity contribution is -0.144. The molecule has 0 aromatic carbocycles. The first-order valence-corrected chi connectivity index (χ1v) is 6.15. The zero-order valence-electron chi connectivity index (χ0n) is 10.8. The summed E-state index contributed by atoms with van der Waals surface area (Å²) in [5.41, 5.74) is -0.232. The minimum atomic E-state index is -0.232. The highest BCUT2D eigenvalue weighted by Crippen LogP contribution is 2.28. The summed E-state index contributed by atoms with van der Waals surface area (Å²) in [6, 6.07) is 0.463. The molecule has 1 heterocycles. The molecule has 0 aliphatic carbocycles. The molecule has 1 amide bonds. The van der Waals surface area contributed by atoms with Gasteiger partial charge in [0.2, 0.25) is 5.91 Å². The van der Waals surface area contributed by atoms with Crippen molar-refractivity contribution in [3.05, 3.63) is 0 Å². The highest BCUT2D eigenvalue weighted by molar-refractivity contribution is 5.81. The molecule has 1 saturated heterocycles. The Kier molecular flexibility index (Phi) is 3.80. The molecule has 1 atom stereocenters. The van der Waals surface area contributed by atoms with Gasteiger partial charge in [0.15, 0.2) is 0 Å². The van der Waals surface area contributed by atoms with Gasteiger partial charge < -0.3 is 4.90 Å².